The zero-order chi connectivity index (χ0) is 24.6. The number of carbonyl (C=O) groups excluding carboxylic acids is 1. The molecule has 186 valence electrons. The summed E-state index contributed by atoms with van der Waals surface area (Å²) >= 11 is 0. The molecule has 0 radical (unpaired) electrons. The minimum atomic E-state index is -2.91. The number of ether oxygens (including phenoxy) is 1. The van der Waals surface area contributed by atoms with Crippen LogP contribution in [0.2, 0.25) is 0 Å². The second-order valence-electron chi connectivity index (χ2n) is 9.64. The maximum atomic E-state index is 13.8. The van der Waals surface area contributed by atoms with Crippen molar-refractivity contribution in [2.45, 2.75) is 49.8 Å². The Morgan fingerprint density at radius 1 is 1.31 bits per heavy atom. The van der Waals surface area contributed by atoms with E-state index in [4.69, 9.17) is 9.72 Å². The van der Waals surface area contributed by atoms with E-state index in [0.717, 1.165) is 16.6 Å². The summed E-state index contributed by atoms with van der Waals surface area (Å²) < 4.78 is 37.2. The quantitative estimate of drug-likeness (QED) is 0.398. The van der Waals surface area contributed by atoms with E-state index in [1.54, 1.807) is 6.20 Å². The van der Waals surface area contributed by atoms with Gasteiger partial charge in [-0.1, -0.05) is 0 Å². The molecule has 4 aromatic heterocycles. The first kappa shape index (κ1) is 21.5. The molecule has 1 atom stereocenters. The molecule has 0 spiro atoms. The van der Waals surface area contributed by atoms with Gasteiger partial charge in [0, 0.05) is 35.8 Å². The van der Waals surface area contributed by atoms with Crippen LogP contribution in [0.1, 0.15) is 42.1 Å². The minimum absolute atomic E-state index is 0.109. The fraction of sp³-hybridized carbons (Fsp3) is 0.417. The highest BCUT2D eigenvalue weighted by molar-refractivity contribution is 6.02. The lowest BCUT2D eigenvalue weighted by Gasteiger charge is -2.36. The summed E-state index contributed by atoms with van der Waals surface area (Å²) in [6, 6.07) is 2.71. The molecule has 36 heavy (non-hydrogen) atoms. The summed E-state index contributed by atoms with van der Waals surface area (Å²) in [5, 5.41) is 20.7. The zero-order valence-electron chi connectivity index (χ0n) is 19.1. The SMILES string of the molecule is O=C(NC1CCC1(F)F)c1cnn2c3c(c(-c4cn([C@H]5C[C@H](O)C5)c5ncccc45)nc12)OCCN3. The Bertz CT molecular complexity index is 1530. The fourth-order valence-electron chi connectivity index (χ4n) is 5.19. The maximum absolute atomic E-state index is 13.8. The second-order valence-corrected chi connectivity index (χ2v) is 9.64. The van der Waals surface area contributed by atoms with Gasteiger partial charge < -0.3 is 25.0 Å². The molecule has 1 unspecified atom stereocenters. The standard InChI is InChI=1S/C24H23F2N7O3/c25-24(26)4-3-17(24)30-23(35)15-10-29-33-21(15)31-18(19-22(33)28-6-7-36-19)16-11-32(12-8-13(34)9-12)20-14(16)2-1-5-27-20/h1-2,5,10-13,17,28,34H,3-4,6-9H2,(H,30,35)/t12-,13-,17?. The van der Waals surface area contributed by atoms with Crippen LogP contribution in [0.4, 0.5) is 14.6 Å². The molecule has 2 saturated carbocycles. The fourth-order valence-corrected chi connectivity index (χ4v) is 5.19. The number of aliphatic hydroxyl groups excluding tert-OH is 1. The second kappa shape index (κ2) is 7.60. The molecule has 0 bridgehead atoms. The van der Waals surface area contributed by atoms with Crippen LogP contribution in [-0.4, -0.2) is 66.4 Å². The van der Waals surface area contributed by atoms with E-state index in [1.807, 2.05) is 18.3 Å². The number of fused-ring (bicyclic) bond motifs is 4. The summed E-state index contributed by atoms with van der Waals surface area (Å²) in [5.74, 6) is -2.52. The van der Waals surface area contributed by atoms with Crippen LogP contribution in [0, 0.1) is 0 Å². The van der Waals surface area contributed by atoms with Gasteiger partial charge in [0.15, 0.2) is 17.2 Å². The third-order valence-electron chi connectivity index (χ3n) is 7.40. The van der Waals surface area contributed by atoms with Crippen LogP contribution in [0.25, 0.3) is 27.9 Å². The van der Waals surface area contributed by atoms with Gasteiger partial charge >= 0.3 is 0 Å². The molecule has 3 N–H and O–H groups in total. The predicted octanol–water partition coefficient (Wildman–Crippen LogP) is 2.77. The number of hydrogen-bond acceptors (Lipinski definition) is 7. The van der Waals surface area contributed by atoms with Crippen molar-refractivity contribution >= 4 is 28.4 Å². The van der Waals surface area contributed by atoms with Gasteiger partial charge in [-0.25, -0.2) is 18.7 Å². The molecule has 12 heteroatoms. The Morgan fingerprint density at radius 2 is 2.17 bits per heavy atom. The smallest absolute Gasteiger partial charge is 0.267 e. The molecule has 2 aliphatic carbocycles. The number of anilines is 1. The molecular weight excluding hydrogens is 472 g/mol. The molecule has 3 aliphatic rings. The number of hydrogen-bond donors (Lipinski definition) is 3. The van der Waals surface area contributed by atoms with Crippen LogP contribution < -0.4 is 15.4 Å². The molecule has 7 rings (SSSR count). The highest BCUT2D eigenvalue weighted by Crippen LogP contribution is 2.44. The van der Waals surface area contributed by atoms with E-state index in [9.17, 15) is 18.7 Å². The van der Waals surface area contributed by atoms with Gasteiger partial charge in [-0.2, -0.15) is 9.61 Å². The first-order valence-electron chi connectivity index (χ1n) is 12.0. The number of carbonyl (C=O) groups is 1. The molecular formula is C24H23F2N7O3. The van der Waals surface area contributed by atoms with Crippen molar-refractivity contribution in [1.82, 2.24) is 29.5 Å². The van der Waals surface area contributed by atoms with E-state index in [1.165, 1.54) is 10.7 Å². The van der Waals surface area contributed by atoms with Gasteiger partial charge in [0.05, 0.1) is 24.9 Å². The van der Waals surface area contributed by atoms with Crippen LogP contribution >= 0.6 is 0 Å². The number of nitrogens with one attached hydrogen (secondary N) is 2. The van der Waals surface area contributed by atoms with E-state index >= 15 is 0 Å². The predicted molar refractivity (Wildman–Crippen MR) is 125 cm³/mol. The van der Waals surface area contributed by atoms with Crippen LogP contribution in [0.3, 0.4) is 0 Å². The van der Waals surface area contributed by atoms with Gasteiger partial charge in [0.25, 0.3) is 11.8 Å². The van der Waals surface area contributed by atoms with Gasteiger partial charge in [0.1, 0.15) is 23.5 Å². The highest BCUT2D eigenvalue weighted by Gasteiger charge is 2.49. The van der Waals surface area contributed by atoms with E-state index < -0.39 is 17.9 Å². The number of pyridine rings is 1. The zero-order valence-corrected chi connectivity index (χ0v) is 19.1. The first-order valence-corrected chi connectivity index (χ1v) is 12.0. The lowest BCUT2D eigenvalue weighted by atomic mass is 9.88. The van der Waals surface area contributed by atoms with Gasteiger partial charge in [0.2, 0.25) is 0 Å². The van der Waals surface area contributed by atoms with Gasteiger partial charge in [-0.05, 0) is 31.4 Å². The molecule has 10 nitrogen and oxygen atoms in total. The topological polar surface area (TPSA) is 119 Å². The van der Waals surface area contributed by atoms with Gasteiger partial charge in [-0.3, -0.25) is 4.79 Å². The van der Waals surface area contributed by atoms with Crippen molar-refractivity contribution in [1.29, 1.82) is 0 Å². The summed E-state index contributed by atoms with van der Waals surface area (Å²) in [6.07, 6.45) is 5.96. The monoisotopic (exact) mass is 495 g/mol. The number of aromatic nitrogens is 5. The van der Waals surface area contributed by atoms with Crippen LogP contribution in [-0.2, 0) is 0 Å². The largest absolute Gasteiger partial charge is 0.486 e. The minimum Gasteiger partial charge on any atom is -0.486 e. The Hall–Kier alpha value is -3.80. The Kier molecular flexibility index (Phi) is 4.53. The molecule has 1 aliphatic heterocycles. The van der Waals surface area contributed by atoms with E-state index in [0.29, 0.717) is 43.3 Å². The molecule has 0 saturated heterocycles. The molecule has 1 amide bonds. The summed E-state index contributed by atoms with van der Waals surface area (Å²) in [7, 11) is 0. The number of nitrogens with zero attached hydrogens (tertiary/aromatic N) is 5. The third kappa shape index (κ3) is 3.10. The summed E-state index contributed by atoms with van der Waals surface area (Å²) in [5.41, 5.74) is 2.39. The van der Waals surface area contributed by atoms with E-state index in [2.05, 4.69) is 25.3 Å². The molecule has 5 heterocycles. The van der Waals surface area contributed by atoms with Crippen molar-refractivity contribution in [3.8, 4) is 17.0 Å². The van der Waals surface area contributed by atoms with Crippen molar-refractivity contribution in [2.24, 2.45) is 0 Å². The summed E-state index contributed by atoms with van der Waals surface area (Å²) in [4.78, 5) is 22.4. The maximum Gasteiger partial charge on any atom is 0.267 e. The Labute approximate surface area is 203 Å². The van der Waals surface area contributed by atoms with Crippen molar-refractivity contribution in [2.75, 3.05) is 18.5 Å². The van der Waals surface area contributed by atoms with Crippen LogP contribution in [0.15, 0.2) is 30.7 Å². The summed E-state index contributed by atoms with van der Waals surface area (Å²) in [6.45, 7) is 0.953. The normalized spacial score (nSPS) is 24.4. The number of aliphatic hydroxyl groups is 1. The van der Waals surface area contributed by atoms with Crippen molar-refractivity contribution in [3.63, 3.8) is 0 Å². The molecule has 0 aromatic carbocycles. The average molecular weight is 495 g/mol. The number of alkyl halides is 2. The third-order valence-corrected chi connectivity index (χ3v) is 7.40. The molecule has 4 aromatic rings. The number of rotatable bonds is 4. The highest BCUT2D eigenvalue weighted by atomic mass is 19.3. The average Bonchev–Trinajstić information content (AvgIpc) is 3.46. The Morgan fingerprint density at radius 3 is 2.92 bits per heavy atom. The molecule has 2 fully saturated rings. The van der Waals surface area contributed by atoms with Crippen LogP contribution in [0.5, 0.6) is 5.75 Å². The lowest BCUT2D eigenvalue weighted by molar-refractivity contribution is -0.102. The lowest BCUT2D eigenvalue weighted by Crippen LogP contribution is -2.55. The Balaban J connectivity index is 1.39. The van der Waals surface area contributed by atoms with E-state index in [-0.39, 0.29) is 36.2 Å². The van der Waals surface area contributed by atoms with Crippen molar-refractivity contribution < 1.29 is 23.4 Å². The number of halogens is 2. The van der Waals surface area contributed by atoms with Crippen molar-refractivity contribution in [3.05, 3.63) is 36.3 Å². The number of amides is 1. The first-order chi connectivity index (χ1) is 17.4. The van der Waals surface area contributed by atoms with Gasteiger partial charge in [-0.15, -0.1) is 0 Å².